The fourth-order valence-electron chi connectivity index (χ4n) is 3.63. The number of hydrogen-bond donors (Lipinski definition) is 3. The van der Waals surface area contributed by atoms with Gasteiger partial charge in [-0.15, -0.1) is 0 Å². The summed E-state index contributed by atoms with van der Waals surface area (Å²) in [7, 11) is 0. The van der Waals surface area contributed by atoms with Crippen molar-refractivity contribution < 1.29 is 14.4 Å². The number of hydroxylamine groups is 1. The summed E-state index contributed by atoms with van der Waals surface area (Å²) < 4.78 is 5.85. The Morgan fingerprint density at radius 2 is 1.82 bits per heavy atom. The number of benzene rings is 2. The second kappa shape index (κ2) is 8.04. The first-order valence-corrected chi connectivity index (χ1v) is 9.73. The molecule has 0 radical (unpaired) electrons. The van der Waals surface area contributed by atoms with Crippen LogP contribution in [0.25, 0.3) is 5.70 Å². The predicted octanol–water partition coefficient (Wildman–Crippen LogP) is 3.82. The van der Waals surface area contributed by atoms with E-state index in [-0.39, 0.29) is 0 Å². The van der Waals surface area contributed by atoms with Gasteiger partial charge in [-0.05, 0) is 50.0 Å². The molecule has 1 amide bonds. The predicted molar refractivity (Wildman–Crippen MR) is 108 cm³/mol. The van der Waals surface area contributed by atoms with Gasteiger partial charge < -0.3 is 10.1 Å². The van der Waals surface area contributed by atoms with E-state index < -0.39 is 11.7 Å². The second-order valence-electron chi connectivity index (χ2n) is 7.08. The van der Waals surface area contributed by atoms with Crippen LogP contribution in [0.4, 0.5) is 10.5 Å². The lowest BCUT2D eigenvalue weighted by molar-refractivity contribution is -0.0750. The van der Waals surface area contributed by atoms with Crippen molar-refractivity contribution in [3.8, 4) is 0 Å². The highest BCUT2D eigenvalue weighted by molar-refractivity contribution is 5.86. The van der Waals surface area contributed by atoms with Crippen molar-refractivity contribution in [1.29, 1.82) is 0 Å². The van der Waals surface area contributed by atoms with Crippen LogP contribution in [0.1, 0.15) is 30.9 Å². The molecule has 0 saturated carbocycles. The first-order valence-electron chi connectivity index (χ1n) is 9.73. The molecule has 1 saturated heterocycles. The molecule has 0 aromatic heterocycles. The molecule has 2 aliphatic heterocycles. The quantitative estimate of drug-likeness (QED) is 0.753. The molecule has 2 heterocycles. The van der Waals surface area contributed by atoms with Crippen molar-refractivity contribution in [3.05, 3.63) is 71.5 Å². The maximum Gasteiger partial charge on any atom is 0.416 e. The number of piperidine rings is 1. The third-order valence-corrected chi connectivity index (χ3v) is 5.27. The van der Waals surface area contributed by atoms with Crippen molar-refractivity contribution in [3.63, 3.8) is 0 Å². The number of carbonyl (C=O) groups is 1. The summed E-state index contributed by atoms with van der Waals surface area (Å²) >= 11 is 0. The number of aryl methyl sites for hydroxylation is 1. The Kier molecular flexibility index (Phi) is 5.32. The molecule has 1 spiro atoms. The topological polar surface area (TPSA) is 71.6 Å². The summed E-state index contributed by atoms with van der Waals surface area (Å²) in [6.07, 6.45) is 1.89. The Bertz CT molecular complexity index is 856. The smallest absolute Gasteiger partial charge is 0.409 e. The molecule has 146 valence electrons. The molecule has 28 heavy (non-hydrogen) atoms. The van der Waals surface area contributed by atoms with E-state index in [2.05, 4.69) is 23.0 Å². The monoisotopic (exact) mass is 379 g/mol. The lowest BCUT2D eigenvalue weighted by Gasteiger charge is -2.32. The van der Waals surface area contributed by atoms with Gasteiger partial charge in [0.05, 0.1) is 0 Å². The molecule has 3 N–H and O–H groups in total. The van der Waals surface area contributed by atoms with Gasteiger partial charge in [-0.2, -0.15) is 0 Å². The summed E-state index contributed by atoms with van der Waals surface area (Å²) in [4.78, 5) is 18.6. The zero-order valence-corrected chi connectivity index (χ0v) is 16.0. The maximum absolute atomic E-state index is 12.7. The van der Waals surface area contributed by atoms with Crippen LogP contribution in [0.2, 0.25) is 0 Å². The number of anilines is 1. The van der Waals surface area contributed by atoms with E-state index in [9.17, 15) is 4.79 Å². The van der Waals surface area contributed by atoms with Gasteiger partial charge in [-0.1, -0.05) is 49.4 Å². The second-order valence-corrected chi connectivity index (χ2v) is 7.08. The Balaban J connectivity index is 1.59. The molecule has 0 unspecified atom stereocenters. The molecule has 6 nitrogen and oxygen atoms in total. The van der Waals surface area contributed by atoms with E-state index in [0.717, 1.165) is 37.9 Å². The van der Waals surface area contributed by atoms with Crippen LogP contribution in [0.15, 0.2) is 60.4 Å². The minimum Gasteiger partial charge on any atom is -0.409 e. The summed E-state index contributed by atoms with van der Waals surface area (Å²) in [5.74, 6) is 0.544. The number of amides is 1. The Morgan fingerprint density at radius 1 is 1.11 bits per heavy atom. The van der Waals surface area contributed by atoms with Gasteiger partial charge in [0.2, 0.25) is 0 Å². The van der Waals surface area contributed by atoms with Crippen molar-refractivity contribution in [2.45, 2.75) is 31.8 Å². The lowest BCUT2D eigenvalue weighted by atomic mass is 9.89. The number of rotatable bonds is 4. The number of carbonyl (C=O) groups excluding carboxylic acids is 1. The molecule has 2 aromatic carbocycles. The van der Waals surface area contributed by atoms with E-state index in [1.54, 1.807) is 0 Å². The van der Waals surface area contributed by atoms with Crippen LogP contribution in [0.3, 0.4) is 0 Å². The fraction of sp³-hybridized carbons (Fsp3) is 0.318. The molecule has 2 aromatic rings. The van der Waals surface area contributed by atoms with E-state index in [4.69, 9.17) is 9.57 Å². The summed E-state index contributed by atoms with van der Waals surface area (Å²) in [5, 5.41) is 6.15. The maximum atomic E-state index is 12.7. The Morgan fingerprint density at radius 3 is 2.50 bits per heavy atom. The zero-order chi connectivity index (χ0) is 19.4. The van der Waals surface area contributed by atoms with E-state index in [1.807, 2.05) is 54.6 Å². The van der Waals surface area contributed by atoms with Crippen molar-refractivity contribution in [2.75, 3.05) is 18.4 Å². The van der Waals surface area contributed by atoms with Crippen LogP contribution in [0.5, 0.6) is 0 Å². The first kappa shape index (κ1) is 18.5. The Hall–Kier alpha value is -2.83. The largest absolute Gasteiger partial charge is 0.416 e. The molecule has 2 aliphatic rings. The molecule has 0 aliphatic carbocycles. The number of nitrogens with one attached hydrogen (secondary N) is 3. The van der Waals surface area contributed by atoms with Crippen LogP contribution in [-0.2, 0) is 16.0 Å². The van der Waals surface area contributed by atoms with Gasteiger partial charge in [0.25, 0.3) is 0 Å². The van der Waals surface area contributed by atoms with Crippen LogP contribution in [-0.4, -0.2) is 24.8 Å². The lowest BCUT2D eigenvalue weighted by Crippen LogP contribution is -2.45. The first-order chi connectivity index (χ1) is 13.7. The van der Waals surface area contributed by atoms with E-state index >= 15 is 0 Å². The number of ether oxygens (including phenoxy) is 1. The molecule has 1 fully saturated rings. The van der Waals surface area contributed by atoms with Crippen LogP contribution < -0.4 is 16.1 Å². The zero-order valence-electron chi connectivity index (χ0n) is 16.0. The SMILES string of the molecule is CCc1ccc(NC(=O)OC2=C(c3ccccc3)NOC23CCNCC3)cc1. The van der Waals surface area contributed by atoms with Gasteiger partial charge in [-0.3, -0.25) is 15.6 Å². The third kappa shape index (κ3) is 3.74. The fourth-order valence-corrected chi connectivity index (χ4v) is 3.63. The molecular weight excluding hydrogens is 354 g/mol. The van der Waals surface area contributed by atoms with Gasteiger partial charge in [0.15, 0.2) is 11.4 Å². The van der Waals surface area contributed by atoms with Gasteiger partial charge in [0, 0.05) is 11.3 Å². The van der Waals surface area contributed by atoms with Crippen LogP contribution >= 0.6 is 0 Å². The average molecular weight is 379 g/mol. The van der Waals surface area contributed by atoms with Gasteiger partial charge >= 0.3 is 6.09 Å². The standard InChI is InChI=1S/C22H25N3O3/c1-2-16-8-10-18(11-9-16)24-21(26)27-20-19(17-6-4-3-5-7-17)25-28-22(20)12-14-23-15-13-22/h3-11,23,25H,2,12-15H2,1H3,(H,24,26). The summed E-state index contributed by atoms with van der Waals surface area (Å²) in [6.45, 7) is 3.70. The average Bonchev–Trinajstić information content (AvgIpc) is 3.07. The van der Waals surface area contributed by atoms with E-state index in [0.29, 0.717) is 17.1 Å². The van der Waals surface area contributed by atoms with Gasteiger partial charge in [0.1, 0.15) is 5.70 Å². The van der Waals surface area contributed by atoms with Gasteiger partial charge in [-0.25, -0.2) is 4.79 Å². The highest BCUT2D eigenvalue weighted by atomic mass is 16.7. The third-order valence-electron chi connectivity index (χ3n) is 5.27. The minimum atomic E-state index is -0.639. The summed E-state index contributed by atoms with van der Waals surface area (Å²) in [5.41, 5.74) is 5.93. The summed E-state index contributed by atoms with van der Waals surface area (Å²) in [6, 6.07) is 17.6. The Labute approximate surface area is 164 Å². The highest BCUT2D eigenvalue weighted by Crippen LogP contribution is 2.40. The van der Waals surface area contributed by atoms with Crippen LogP contribution in [0, 0.1) is 0 Å². The van der Waals surface area contributed by atoms with E-state index in [1.165, 1.54) is 5.56 Å². The molecule has 6 heteroatoms. The minimum absolute atomic E-state index is 0.516. The van der Waals surface area contributed by atoms with Crippen molar-refractivity contribution in [1.82, 2.24) is 10.8 Å². The molecule has 4 rings (SSSR count). The number of hydrogen-bond acceptors (Lipinski definition) is 5. The normalized spacial score (nSPS) is 18.0. The molecule has 0 atom stereocenters. The van der Waals surface area contributed by atoms with Crippen molar-refractivity contribution >= 4 is 17.5 Å². The van der Waals surface area contributed by atoms with Crippen molar-refractivity contribution in [2.24, 2.45) is 0 Å². The molecule has 0 bridgehead atoms. The highest BCUT2D eigenvalue weighted by Gasteiger charge is 2.47. The molecular formula is C22H25N3O3.